The lowest BCUT2D eigenvalue weighted by atomic mass is 10.00. The van der Waals surface area contributed by atoms with Crippen molar-refractivity contribution in [2.24, 2.45) is 0 Å². The van der Waals surface area contributed by atoms with E-state index in [9.17, 15) is 5.11 Å². The van der Waals surface area contributed by atoms with Gasteiger partial charge in [0.15, 0.2) is 0 Å². The monoisotopic (exact) mass is 228 g/mol. The van der Waals surface area contributed by atoms with Crippen LogP contribution in [0.3, 0.4) is 0 Å². The molecule has 17 heavy (non-hydrogen) atoms. The maximum atomic E-state index is 9.76. The Hall–Kier alpha value is -1.79. The third-order valence-corrected chi connectivity index (χ3v) is 3.13. The Bertz CT molecular complexity index is 538. The lowest BCUT2D eigenvalue weighted by Crippen LogP contribution is -2.24. The van der Waals surface area contributed by atoms with E-state index < -0.39 is 6.10 Å². The number of rotatable bonds is 4. The van der Waals surface area contributed by atoms with Gasteiger partial charge in [0.2, 0.25) is 0 Å². The van der Waals surface area contributed by atoms with Gasteiger partial charge in [0.25, 0.3) is 6.04 Å². The van der Waals surface area contributed by atoms with Gasteiger partial charge in [-0.3, -0.25) is 0 Å². The van der Waals surface area contributed by atoms with Crippen molar-refractivity contribution < 1.29 is 5.11 Å². The predicted octanol–water partition coefficient (Wildman–Crippen LogP) is 2.77. The highest BCUT2D eigenvalue weighted by molar-refractivity contribution is 5.83. The Labute approximate surface area is 101 Å². The number of hydrogen-bond acceptors (Lipinski definition) is 1. The van der Waals surface area contributed by atoms with Crippen molar-refractivity contribution in [3.8, 4) is 0 Å². The van der Waals surface area contributed by atoms with Gasteiger partial charge in [-0.15, -0.1) is 0 Å². The lowest BCUT2D eigenvalue weighted by molar-refractivity contribution is 0.153. The van der Waals surface area contributed by atoms with Crippen LogP contribution in [-0.2, 0) is 6.42 Å². The fourth-order valence-electron chi connectivity index (χ4n) is 2.07. The van der Waals surface area contributed by atoms with Crippen LogP contribution in [-0.4, -0.2) is 22.2 Å². The standard InChI is InChI=1S/C14H16N2O/c1-3-14(17)13(15-2)8-10-9-16-12-7-5-4-6-11(10)12/h4-7,9,13-14,16-17H,3,8H2,1H3. The molecule has 1 aromatic carbocycles. The van der Waals surface area contributed by atoms with E-state index >= 15 is 0 Å². The summed E-state index contributed by atoms with van der Waals surface area (Å²) in [7, 11) is 0. The molecule has 0 saturated heterocycles. The molecule has 88 valence electrons. The van der Waals surface area contributed by atoms with Crippen molar-refractivity contribution in [1.82, 2.24) is 4.98 Å². The number of aromatic nitrogens is 1. The summed E-state index contributed by atoms with van der Waals surface area (Å²) < 4.78 is 0. The first-order valence-electron chi connectivity index (χ1n) is 5.86. The summed E-state index contributed by atoms with van der Waals surface area (Å²) in [5.74, 6) is 0. The molecular formula is C14H16N2O. The molecule has 0 fully saturated rings. The number of para-hydroxylation sites is 1. The van der Waals surface area contributed by atoms with E-state index in [0.29, 0.717) is 12.8 Å². The molecule has 2 atom stereocenters. The molecule has 0 aliphatic carbocycles. The van der Waals surface area contributed by atoms with Gasteiger partial charge in [0.05, 0.1) is 6.42 Å². The minimum atomic E-state index is -0.541. The number of hydrogen-bond donors (Lipinski definition) is 2. The van der Waals surface area contributed by atoms with Gasteiger partial charge in [-0.1, -0.05) is 25.1 Å². The molecular weight excluding hydrogens is 212 g/mol. The van der Waals surface area contributed by atoms with Crippen molar-refractivity contribution >= 4 is 10.9 Å². The van der Waals surface area contributed by atoms with E-state index in [-0.39, 0.29) is 6.04 Å². The predicted molar refractivity (Wildman–Crippen MR) is 68.7 cm³/mol. The molecule has 1 heterocycles. The van der Waals surface area contributed by atoms with E-state index in [1.807, 2.05) is 37.4 Å². The summed E-state index contributed by atoms with van der Waals surface area (Å²) in [6.07, 6.45) is 2.62. The molecule has 1 aromatic heterocycles. The Kier molecular flexibility index (Phi) is 3.46. The summed E-state index contributed by atoms with van der Waals surface area (Å²) in [5.41, 5.74) is 2.19. The largest absolute Gasteiger partial charge is 0.385 e. The average molecular weight is 228 g/mol. The molecule has 3 nitrogen and oxygen atoms in total. The highest BCUT2D eigenvalue weighted by atomic mass is 16.3. The zero-order valence-corrected chi connectivity index (χ0v) is 9.85. The third-order valence-electron chi connectivity index (χ3n) is 3.13. The molecule has 0 bridgehead atoms. The van der Waals surface area contributed by atoms with Crippen LogP contribution in [0.5, 0.6) is 0 Å². The quantitative estimate of drug-likeness (QED) is 0.776. The van der Waals surface area contributed by atoms with Gasteiger partial charge in [0.1, 0.15) is 6.10 Å². The van der Waals surface area contributed by atoms with Crippen molar-refractivity contribution in [2.75, 3.05) is 0 Å². The first kappa shape index (κ1) is 11.7. The molecule has 0 saturated carbocycles. The molecule has 2 unspecified atom stereocenters. The summed E-state index contributed by atoms with van der Waals surface area (Å²) in [6.45, 7) is 9.06. The summed E-state index contributed by atoms with van der Waals surface area (Å²) in [5, 5.41) is 10.9. The zero-order valence-electron chi connectivity index (χ0n) is 9.85. The third kappa shape index (κ3) is 2.32. The zero-order chi connectivity index (χ0) is 12.3. The first-order valence-corrected chi connectivity index (χ1v) is 5.86. The van der Waals surface area contributed by atoms with E-state index in [0.717, 1.165) is 16.5 Å². The molecule has 2 aromatic rings. The number of aliphatic hydroxyl groups excluding tert-OH is 1. The van der Waals surface area contributed by atoms with Crippen LogP contribution < -0.4 is 0 Å². The normalized spacial score (nSPS) is 14.4. The minimum absolute atomic E-state index is 0.348. The van der Waals surface area contributed by atoms with Crippen molar-refractivity contribution in [3.05, 3.63) is 47.4 Å². The summed E-state index contributed by atoms with van der Waals surface area (Å²) in [4.78, 5) is 6.72. The van der Waals surface area contributed by atoms with Crippen LogP contribution in [0.1, 0.15) is 18.9 Å². The van der Waals surface area contributed by atoms with Crippen LogP contribution in [0.25, 0.3) is 15.7 Å². The number of nitrogens with one attached hydrogen (secondary N) is 1. The summed E-state index contributed by atoms with van der Waals surface area (Å²) >= 11 is 0. The number of aromatic amines is 1. The number of aliphatic hydroxyl groups is 1. The summed E-state index contributed by atoms with van der Waals surface area (Å²) in [6, 6.07) is 7.68. The van der Waals surface area contributed by atoms with Gasteiger partial charge in [-0.2, -0.15) is 0 Å². The van der Waals surface area contributed by atoms with E-state index in [1.165, 1.54) is 0 Å². The van der Waals surface area contributed by atoms with E-state index in [2.05, 4.69) is 9.83 Å². The van der Waals surface area contributed by atoms with Crippen LogP contribution in [0, 0.1) is 6.57 Å². The van der Waals surface area contributed by atoms with Gasteiger partial charge in [0, 0.05) is 17.1 Å². The fourth-order valence-corrected chi connectivity index (χ4v) is 2.07. The molecule has 0 amide bonds. The van der Waals surface area contributed by atoms with Gasteiger partial charge in [-0.05, 0) is 18.1 Å². The molecule has 0 aliphatic rings. The fraction of sp³-hybridized carbons (Fsp3) is 0.357. The van der Waals surface area contributed by atoms with E-state index in [1.54, 1.807) is 0 Å². The maximum absolute atomic E-state index is 9.76. The smallest absolute Gasteiger partial charge is 0.253 e. The lowest BCUT2D eigenvalue weighted by Gasteiger charge is -2.10. The first-order chi connectivity index (χ1) is 8.26. The van der Waals surface area contributed by atoms with Gasteiger partial charge in [-0.25, -0.2) is 6.57 Å². The number of H-pyrrole nitrogens is 1. The van der Waals surface area contributed by atoms with Crippen LogP contribution in [0.15, 0.2) is 30.5 Å². The van der Waals surface area contributed by atoms with Gasteiger partial charge >= 0.3 is 0 Å². The SMILES string of the molecule is [C-]#[N+]C(Cc1c[nH]c2ccccc12)C(O)CC. The van der Waals surface area contributed by atoms with Gasteiger partial charge < -0.3 is 14.9 Å². The number of benzene rings is 1. The van der Waals surface area contributed by atoms with E-state index in [4.69, 9.17) is 6.57 Å². The Morgan fingerprint density at radius 1 is 1.41 bits per heavy atom. The second kappa shape index (κ2) is 5.03. The van der Waals surface area contributed by atoms with Crippen molar-refractivity contribution in [1.29, 1.82) is 0 Å². The Morgan fingerprint density at radius 3 is 2.88 bits per heavy atom. The van der Waals surface area contributed by atoms with Crippen molar-refractivity contribution in [3.63, 3.8) is 0 Å². The Balaban J connectivity index is 2.26. The topological polar surface area (TPSA) is 40.4 Å². The Morgan fingerprint density at radius 2 is 2.18 bits per heavy atom. The van der Waals surface area contributed by atoms with Crippen LogP contribution >= 0.6 is 0 Å². The van der Waals surface area contributed by atoms with Crippen LogP contribution in [0.2, 0.25) is 0 Å². The minimum Gasteiger partial charge on any atom is -0.385 e. The molecule has 2 N–H and O–H groups in total. The molecule has 0 spiro atoms. The van der Waals surface area contributed by atoms with Crippen molar-refractivity contribution in [2.45, 2.75) is 31.9 Å². The highest BCUT2D eigenvalue weighted by Gasteiger charge is 2.23. The molecule has 3 heteroatoms. The second-order valence-corrected chi connectivity index (χ2v) is 4.24. The second-order valence-electron chi connectivity index (χ2n) is 4.24. The molecule has 0 aliphatic heterocycles. The molecule has 2 rings (SSSR count). The maximum Gasteiger partial charge on any atom is 0.253 e. The average Bonchev–Trinajstić information content (AvgIpc) is 2.78. The number of nitrogens with zero attached hydrogens (tertiary/aromatic N) is 1. The number of fused-ring (bicyclic) bond motifs is 1. The van der Waals surface area contributed by atoms with Crippen LogP contribution in [0.4, 0.5) is 0 Å². The molecule has 0 radical (unpaired) electrons. The highest BCUT2D eigenvalue weighted by Crippen LogP contribution is 2.21.